The van der Waals surface area contributed by atoms with E-state index in [4.69, 9.17) is 17.3 Å². The Morgan fingerprint density at radius 2 is 1.97 bits per heavy atom. The van der Waals surface area contributed by atoms with Crippen molar-refractivity contribution < 1.29 is 13.9 Å². The van der Waals surface area contributed by atoms with Crippen LogP contribution in [0.25, 0.3) is 5.69 Å². The third-order valence-electron chi connectivity index (χ3n) is 4.11. The van der Waals surface area contributed by atoms with Crippen molar-refractivity contribution in [2.75, 3.05) is 5.32 Å². The third-order valence-corrected chi connectivity index (χ3v) is 4.34. The van der Waals surface area contributed by atoms with Crippen molar-refractivity contribution in [2.24, 2.45) is 5.73 Å². The van der Waals surface area contributed by atoms with Gasteiger partial charge in [-0.2, -0.15) is 0 Å². The lowest BCUT2D eigenvalue weighted by Gasteiger charge is -2.02. The molecular formula is C20H19ClN6O4. The van der Waals surface area contributed by atoms with Gasteiger partial charge >= 0.3 is 5.76 Å². The van der Waals surface area contributed by atoms with Gasteiger partial charge in [0.1, 0.15) is 6.20 Å². The maximum Gasteiger partial charge on any atom is 0.446 e. The van der Waals surface area contributed by atoms with Gasteiger partial charge in [0.2, 0.25) is 0 Å². The van der Waals surface area contributed by atoms with Crippen LogP contribution in [0.5, 0.6) is 0 Å². The van der Waals surface area contributed by atoms with Crippen LogP contribution in [0.2, 0.25) is 5.02 Å². The van der Waals surface area contributed by atoms with E-state index in [1.807, 2.05) is 6.92 Å². The highest BCUT2D eigenvalue weighted by molar-refractivity contribution is 6.30. The Labute approximate surface area is 181 Å². The predicted molar refractivity (Wildman–Crippen MR) is 113 cm³/mol. The van der Waals surface area contributed by atoms with Crippen LogP contribution in [-0.4, -0.2) is 25.9 Å². The quantitative estimate of drug-likeness (QED) is 0.480. The van der Waals surface area contributed by atoms with Crippen LogP contribution in [0.4, 0.5) is 5.82 Å². The zero-order chi connectivity index (χ0) is 22.2. The number of hydrogen-bond donors (Lipinski definition) is 2. The first-order valence-corrected chi connectivity index (χ1v) is 9.61. The summed E-state index contributed by atoms with van der Waals surface area (Å²) in [6.45, 7) is 2.35. The molecule has 0 saturated carbocycles. The maximum atomic E-state index is 11.7. The van der Waals surface area contributed by atoms with Gasteiger partial charge in [-0.05, 0) is 41.1 Å². The smallest absolute Gasteiger partial charge is 0.326 e. The van der Waals surface area contributed by atoms with Crippen molar-refractivity contribution >= 4 is 23.3 Å². The molecule has 2 heterocycles. The first kappa shape index (κ1) is 21.9. The highest BCUT2D eigenvalue weighted by Crippen LogP contribution is 2.14. The van der Waals surface area contributed by atoms with Gasteiger partial charge < -0.3 is 11.1 Å². The molecule has 0 radical (unpaired) electrons. The Kier molecular flexibility index (Phi) is 7.31. The van der Waals surface area contributed by atoms with Crippen LogP contribution in [0.15, 0.2) is 68.7 Å². The summed E-state index contributed by atoms with van der Waals surface area (Å²) in [4.78, 5) is 23.1. The number of rotatable bonds is 5. The van der Waals surface area contributed by atoms with Crippen molar-refractivity contribution in [3.8, 4) is 5.69 Å². The lowest BCUT2D eigenvalue weighted by Crippen LogP contribution is -2.14. The number of carbonyl (C=O) groups excluding carboxylic acids is 1. The second kappa shape index (κ2) is 10.3. The van der Waals surface area contributed by atoms with E-state index < -0.39 is 5.76 Å². The second-order valence-corrected chi connectivity index (χ2v) is 6.62. The van der Waals surface area contributed by atoms with E-state index in [9.17, 15) is 9.59 Å². The lowest BCUT2D eigenvalue weighted by atomic mass is 10.1. The van der Waals surface area contributed by atoms with E-state index in [0.717, 1.165) is 5.56 Å². The minimum absolute atomic E-state index is 0.265. The molecule has 0 saturated heterocycles. The molecule has 4 rings (SSSR count). The van der Waals surface area contributed by atoms with E-state index in [2.05, 4.69) is 29.9 Å². The Balaban J connectivity index is 0.000000176. The van der Waals surface area contributed by atoms with Gasteiger partial charge in [0.25, 0.3) is 5.91 Å². The molecule has 0 aliphatic heterocycles. The molecule has 0 spiro atoms. The minimum Gasteiger partial charge on any atom is -0.326 e. The number of nitrogens with two attached hydrogens (primary N) is 1. The molecular weight excluding hydrogens is 424 g/mol. The van der Waals surface area contributed by atoms with Gasteiger partial charge in [-0.15, -0.1) is 0 Å². The van der Waals surface area contributed by atoms with Gasteiger partial charge in [0.05, 0.1) is 5.69 Å². The number of benzene rings is 2. The number of amides is 1. The Morgan fingerprint density at radius 3 is 2.58 bits per heavy atom. The fourth-order valence-corrected chi connectivity index (χ4v) is 2.76. The van der Waals surface area contributed by atoms with Crippen LogP contribution in [0, 0.1) is 0 Å². The topological polar surface area (TPSA) is 142 Å². The fraction of sp³-hybridized carbons (Fsp3) is 0.150. The summed E-state index contributed by atoms with van der Waals surface area (Å²) in [5.74, 6) is 0.114. The zero-order valence-corrected chi connectivity index (χ0v) is 17.2. The molecule has 0 aliphatic carbocycles. The molecule has 3 N–H and O–H groups in total. The monoisotopic (exact) mass is 442 g/mol. The second-order valence-electron chi connectivity index (χ2n) is 6.18. The largest absolute Gasteiger partial charge is 0.446 e. The molecule has 4 aromatic rings. The Morgan fingerprint density at radius 1 is 1.19 bits per heavy atom. The Hall–Kier alpha value is -3.76. The van der Waals surface area contributed by atoms with Crippen LogP contribution < -0.4 is 16.8 Å². The summed E-state index contributed by atoms with van der Waals surface area (Å²) in [6, 6.07) is 14.0. The van der Waals surface area contributed by atoms with E-state index >= 15 is 0 Å². The number of carbonyl (C=O) groups is 1. The number of nitrogens with zero attached hydrogens (tertiary/aromatic N) is 4. The molecule has 31 heavy (non-hydrogen) atoms. The van der Waals surface area contributed by atoms with E-state index in [1.54, 1.807) is 48.5 Å². The molecule has 2 aromatic carbocycles. The summed E-state index contributed by atoms with van der Waals surface area (Å²) >= 11 is 5.84. The summed E-state index contributed by atoms with van der Waals surface area (Å²) in [6.07, 6.45) is 1.95. The van der Waals surface area contributed by atoms with Crippen molar-refractivity contribution in [1.82, 2.24) is 20.0 Å². The first-order chi connectivity index (χ1) is 15.0. The van der Waals surface area contributed by atoms with E-state index in [1.165, 1.54) is 10.8 Å². The van der Waals surface area contributed by atoms with Crippen molar-refractivity contribution in [1.29, 1.82) is 0 Å². The summed E-state index contributed by atoms with van der Waals surface area (Å²) < 4.78 is 10.4. The number of nitrogens with one attached hydrogen (secondary N) is 1. The highest BCUT2D eigenvalue weighted by Gasteiger charge is 2.10. The first-order valence-electron chi connectivity index (χ1n) is 9.23. The van der Waals surface area contributed by atoms with Gasteiger partial charge in [-0.3, -0.25) is 9.32 Å². The molecule has 0 bridgehead atoms. The SMILES string of the molecule is CCc1noc(=O)n1-c1cccc(Cl)c1.NCc1ccc(C(=O)Nc2cnon2)cc1. The normalized spacial score (nSPS) is 10.3. The molecule has 0 atom stereocenters. The molecule has 0 aliphatic rings. The average Bonchev–Trinajstić information content (AvgIpc) is 3.43. The fourth-order valence-electron chi connectivity index (χ4n) is 2.57. The molecule has 11 heteroatoms. The van der Waals surface area contributed by atoms with Crippen LogP contribution in [-0.2, 0) is 13.0 Å². The molecule has 0 unspecified atom stereocenters. The number of aryl methyl sites for hydroxylation is 1. The van der Waals surface area contributed by atoms with Crippen LogP contribution in [0.3, 0.4) is 0 Å². The van der Waals surface area contributed by atoms with Crippen molar-refractivity contribution in [2.45, 2.75) is 19.9 Å². The standard InChI is InChI=1S/C10H9ClN2O2.C10H10N4O2/c1-2-9-12-15-10(14)13(9)8-5-3-4-7(11)6-8;11-5-7-1-3-8(4-2-7)10(15)13-9-6-12-16-14-9/h3-6H,2H2,1H3;1-4,6H,5,11H2,(H,13,14,15). The Bertz CT molecular complexity index is 1190. The van der Waals surface area contributed by atoms with E-state index in [0.29, 0.717) is 35.1 Å². The highest BCUT2D eigenvalue weighted by atomic mass is 35.5. The van der Waals surface area contributed by atoms with Gasteiger partial charge in [0, 0.05) is 23.6 Å². The van der Waals surface area contributed by atoms with Crippen molar-refractivity contribution in [3.63, 3.8) is 0 Å². The van der Waals surface area contributed by atoms with E-state index in [-0.39, 0.29) is 11.7 Å². The average molecular weight is 443 g/mol. The zero-order valence-electron chi connectivity index (χ0n) is 16.5. The summed E-state index contributed by atoms with van der Waals surface area (Å²) in [5.41, 5.74) is 7.63. The van der Waals surface area contributed by atoms with Crippen LogP contribution in [0.1, 0.15) is 28.7 Å². The molecule has 10 nitrogen and oxygen atoms in total. The molecule has 2 aromatic heterocycles. The molecule has 0 fully saturated rings. The van der Waals surface area contributed by atoms with Crippen molar-refractivity contribution in [3.05, 3.63) is 87.3 Å². The minimum atomic E-state index is -0.492. The number of anilines is 1. The van der Waals surface area contributed by atoms with Gasteiger partial charge in [-0.1, -0.05) is 47.0 Å². The molecule has 1 amide bonds. The lowest BCUT2D eigenvalue weighted by molar-refractivity contribution is 0.102. The predicted octanol–water partition coefficient (Wildman–Crippen LogP) is 2.82. The number of aromatic nitrogens is 4. The van der Waals surface area contributed by atoms with Gasteiger partial charge in [0.15, 0.2) is 11.6 Å². The summed E-state index contributed by atoms with van der Waals surface area (Å²) in [7, 11) is 0. The van der Waals surface area contributed by atoms with Gasteiger partial charge in [-0.25, -0.2) is 14.0 Å². The molecule has 160 valence electrons. The number of hydrogen-bond acceptors (Lipinski definition) is 8. The summed E-state index contributed by atoms with van der Waals surface area (Å²) in [5, 5.41) is 13.6. The maximum absolute atomic E-state index is 11.7. The third kappa shape index (κ3) is 5.65. The number of halogens is 1. The van der Waals surface area contributed by atoms with Crippen LogP contribution >= 0.6 is 11.6 Å².